The highest BCUT2D eigenvalue weighted by atomic mass is 79.9. The summed E-state index contributed by atoms with van der Waals surface area (Å²) in [5, 5.41) is 9.04. The molecule has 1 rings (SSSR count). The molecule has 0 aliphatic rings. The van der Waals surface area contributed by atoms with Crippen LogP contribution in [-0.4, -0.2) is 16.1 Å². The Labute approximate surface area is 80.9 Å². The lowest BCUT2D eigenvalue weighted by atomic mass is 10.3. The lowest BCUT2D eigenvalue weighted by Gasteiger charge is -1.92. The number of thiazole rings is 1. The van der Waals surface area contributed by atoms with E-state index in [-0.39, 0.29) is 5.57 Å². The van der Waals surface area contributed by atoms with Crippen molar-refractivity contribution < 1.29 is 9.90 Å². The fourth-order valence-electron chi connectivity index (χ4n) is 0.613. The zero-order chi connectivity index (χ0) is 9.14. The minimum Gasteiger partial charge on any atom is -0.478 e. The Morgan fingerprint density at radius 2 is 2.50 bits per heavy atom. The van der Waals surface area contributed by atoms with E-state index in [1.54, 1.807) is 0 Å². The van der Waals surface area contributed by atoms with Gasteiger partial charge in [0.25, 0.3) is 0 Å². The molecule has 64 valence electrons. The van der Waals surface area contributed by atoms with Crippen LogP contribution in [0.25, 0.3) is 5.57 Å². The monoisotopic (exact) mass is 248 g/mol. The molecule has 12 heavy (non-hydrogen) atoms. The van der Waals surface area contributed by atoms with Crippen LogP contribution in [-0.2, 0) is 4.79 Å². The summed E-state index contributed by atoms with van der Waals surface area (Å²) < 4.78 is 0.776. The minimum absolute atomic E-state index is 0.0192. The molecule has 0 bridgehead atoms. The number of carboxylic acid groups (broad SMARTS) is 1. The lowest BCUT2D eigenvalue weighted by Crippen LogP contribution is -2.01. The van der Waals surface area contributed by atoms with Crippen LogP contribution in [0.3, 0.4) is 0 Å². The van der Waals surface area contributed by atoms with E-state index >= 15 is 0 Å². The first-order valence-corrected chi connectivity index (χ1v) is 4.53. The maximum absolute atomic E-state index is 10.5. The van der Waals surface area contributed by atoms with Gasteiger partial charge in [-0.2, -0.15) is 0 Å². The fraction of sp³-hybridized carbons (Fsp3) is 0. The van der Waals surface area contributed by atoms with Crippen LogP contribution >= 0.6 is 27.3 Å². The van der Waals surface area contributed by atoms with Crippen LogP contribution in [0.15, 0.2) is 16.2 Å². The largest absolute Gasteiger partial charge is 0.478 e. The van der Waals surface area contributed by atoms with E-state index in [2.05, 4.69) is 20.9 Å². The highest BCUT2D eigenvalue weighted by Crippen LogP contribution is 2.24. The van der Waals surface area contributed by atoms with Crippen molar-refractivity contribution >= 4 is 38.8 Å². The molecule has 0 aliphatic heterocycles. The third-order valence-corrected chi connectivity index (χ3v) is 2.61. The highest BCUT2D eigenvalue weighted by Gasteiger charge is 2.12. The molecule has 1 aromatic rings. The molecule has 0 unspecified atom stereocenters. The Morgan fingerprint density at radius 1 is 1.83 bits per heavy atom. The molecule has 4 nitrogen and oxygen atoms in total. The number of aliphatic carboxylic acids is 1. The fourth-order valence-corrected chi connectivity index (χ4v) is 1.84. The van der Waals surface area contributed by atoms with Crippen molar-refractivity contribution in [2.75, 3.05) is 0 Å². The summed E-state index contributed by atoms with van der Waals surface area (Å²) in [5.74, 6) is -1.07. The van der Waals surface area contributed by atoms with Crippen molar-refractivity contribution in [3.63, 3.8) is 0 Å². The van der Waals surface area contributed by atoms with E-state index in [0.717, 1.165) is 9.99 Å². The van der Waals surface area contributed by atoms with Crippen molar-refractivity contribution in [1.29, 1.82) is 0 Å². The van der Waals surface area contributed by atoms with Crippen LogP contribution in [0.1, 0.15) is 5.01 Å². The van der Waals surface area contributed by atoms with Crippen LogP contribution in [0.4, 0.5) is 0 Å². The number of carboxylic acids is 1. The molecule has 0 amide bonds. The quantitative estimate of drug-likeness (QED) is 0.774. The zero-order valence-electron chi connectivity index (χ0n) is 5.82. The summed E-state index contributed by atoms with van der Waals surface area (Å²) in [6, 6.07) is 0. The summed E-state index contributed by atoms with van der Waals surface area (Å²) in [7, 11) is 0. The topological polar surface area (TPSA) is 76.2 Å². The number of halogens is 1. The molecule has 0 saturated carbocycles. The third kappa shape index (κ3) is 1.83. The lowest BCUT2D eigenvalue weighted by molar-refractivity contribution is -0.130. The molecular formula is C6H5BrN2O2S. The van der Waals surface area contributed by atoms with Gasteiger partial charge in [0.1, 0.15) is 10.6 Å². The Hall–Kier alpha value is -0.880. The number of rotatable bonds is 2. The van der Waals surface area contributed by atoms with Gasteiger partial charge in [-0.1, -0.05) is 0 Å². The molecule has 0 aliphatic carbocycles. The average molecular weight is 249 g/mol. The third-order valence-electron chi connectivity index (χ3n) is 1.10. The van der Waals surface area contributed by atoms with Crippen LogP contribution in [0.2, 0.25) is 0 Å². The zero-order valence-corrected chi connectivity index (χ0v) is 8.22. The van der Waals surface area contributed by atoms with E-state index in [0.29, 0.717) is 5.01 Å². The molecule has 0 aromatic carbocycles. The van der Waals surface area contributed by atoms with Crippen LogP contribution < -0.4 is 5.73 Å². The molecule has 0 atom stereocenters. The van der Waals surface area contributed by atoms with E-state index in [9.17, 15) is 4.79 Å². The SMILES string of the molecule is N/C=C(/C(=O)O)c1ncc(Br)s1. The van der Waals surface area contributed by atoms with Crippen molar-refractivity contribution in [3.05, 3.63) is 21.2 Å². The molecule has 1 heterocycles. The van der Waals surface area contributed by atoms with Crippen LogP contribution in [0, 0.1) is 0 Å². The summed E-state index contributed by atoms with van der Waals surface area (Å²) in [6.07, 6.45) is 2.57. The van der Waals surface area contributed by atoms with Gasteiger partial charge < -0.3 is 10.8 Å². The number of nitrogens with two attached hydrogens (primary N) is 1. The maximum Gasteiger partial charge on any atom is 0.340 e. The first kappa shape index (κ1) is 9.21. The normalized spacial score (nSPS) is 11.6. The van der Waals surface area contributed by atoms with Crippen molar-refractivity contribution in [2.45, 2.75) is 0 Å². The minimum atomic E-state index is -1.07. The number of aromatic nitrogens is 1. The standard InChI is InChI=1S/C6H5BrN2O2S/c7-4-2-9-5(12-4)3(1-8)6(10)11/h1-2H,8H2,(H,10,11)/b3-1+. The van der Waals surface area contributed by atoms with Gasteiger partial charge >= 0.3 is 5.97 Å². The first-order chi connectivity index (χ1) is 5.65. The van der Waals surface area contributed by atoms with Gasteiger partial charge in [-0.25, -0.2) is 9.78 Å². The number of carbonyl (C=O) groups is 1. The van der Waals surface area contributed by atoms with Gasteiger partial charge in [0.05, 0.1) is 9.98 Å². The Balaban J connectivity index is 3.04. The van der Waals surface area contributed by atoms with Gasteiger partial charge in [-0.15, -0.1) is 11.3 Å². The molecule has 3 N–H and O–H groups in total. The van der Waals surface area contributed by atoms with Crippen molar-refractivity contribution in [1.82, 2.24) is 4.98 Å². The van der Waals surface area contributed by atoms with E-state index in [1.165, 1.54) is 17.5 Å². The van der Waals surface area contributed by atoms with Crippen LogP contribution in [0.5, 0.6) is 0 Å². The van der Waals surface area contributed by atoms with Gasteiger partial charge in [-0.3, -0.25) is 0 Å². The predicted molar refractivity (Wildman–Crippen MR) is 49.6 cm³/mol. The molecule has 0 saturated heterocycles. The summed E-state index contributed by atoms with van der Waals surface area (Å²) in [6.45, 7) is 0. The maximum atomic E-state index is 10.5. The molecular weight excluding hydrogens is 244 g/mol. The second kappa shape index (κ2) is 3.68. The van der Waals surface area contributed by atoms with Gasteiger partial charge in [0.2, 0.25) is 0 Å². The predicted octanol–water partition coefficient (Wildman–Crippen LogP) is 1.29. The Kier molecular flexibility index (Phi) is 2.83. The number of hydrogen-bond acceptors (Lipinski definition) is 4. The van der Waals surface area contributed by atoms with E-state index in [4.69, 9.17) is 10.8 Å². The van der Waals surface area contributed by atoms with Gasteiger partial charge in [0.15, 0.2) is 0 Å². The Morgan fingerprint density at radius 3 is 2.83 bits per heavy atom. The molecule has 6 heteroatoms. The summed E-state index contributed by atoms with van der Waals surface area (Å²) in [4.78, 5) is 14.4. The van der Waals surface area contributed by atoms with E-state index < -0.39 is 5.97 Å². The van der Waals surface area contributed by atoms with Crippen molar-refractivity contribution in [3.8, 4) is 0 Å². The summed E-state index contributed by atoms with van der Waals surface area (Å²) >= 11 is 4.40. The summed E-state index contributed by atoms with van der Waals surface area (Å²) in [5.41, 5.74) is 5.14. The number of nitrogens with zero attached hydrogens (tertiary/aromatic N) is 1. The smallest absolute Gasteiger partial charge is 0.340 e. The number of hydrogen-bond donors (Lipinski definition) is 2. The first-order valence-electron chi connectivity index (χ1n) is 2.92. The molecule has 0 radical (unpaired) electrons. The van der Waals surface area contributed by atoms with Gasteiger partial charge in [-0.05, 0) is 15.9 Å². The molecule has 0 fully saturated rings. The second-order valence-electron chi connectivity index (χ2n) is 1.86. The average Bonchev–Trinajstić information content (AvgIpc) is 2.37. The molecule has 1 aromatic heterocycles. The van der Waals surface area contributed by atoms with Crippen molar-refractivity contribution in [2.24, 2.45) is 5.73 Å². The second-order valence-corrected chi connectivity index (χ2v) is 4.26. The van der Waals surface area contributed by atoms with E-state index in [1.807, 2.05) is 0 Å². The highest BCUT2D eigenvalue weighted by molar-refractivity contribution is 9.11. The van der Waals surface area contributed by atoms with Gasteiger partial charge in [0, 0.05) is 6.20 Å². The Bertz CT molecular complexity index is 334. The molecule has 0 spiro atoms.